The van der Waals surface area contributed by atoms with E-state index in [1.165, 1.54) is 18.5 Å². The molecule has 0 bridgehead atoms. The Morgan fingerprint density at radius 3 is 2.82 bits per heavy atom. The number of aromatic nitrogens is 6. The van der Waals surface area contributed by atoms with Gasteiger partial charge in [-0.05, 0) is 13.0 Å². The number of aromatic amines is 1. The Hall–Kier alpha value is -3.36. The summed E-state index contributed by atoms with van der Waals surface area (Å²) in [4.78, 5) is 35.2. The fraction of sp³-hybridized carbons (Fsp3) is 0.0769. The minimum atomic E-state index is -0.483. The van der Waals surface area contributed by atoms with Crippen LogP contribution in [0, 0.1) is 6.92 Å². The number of anilines is 1. The Labute approximate surface area is 124 Å². The fourth-order valence-corrected chi connectivity index (χ4v) is 1.82. The SMILES string of the molecule is Cc1nccn1-c1cc(NC(=O)c2ccc(=O)[nH]n2)ncn1. The molecule has 3 aromatic rings. The van der Waals surface area contributed by atoms with E-state index in [0.717, 1.165) is 5.82 Å². The zero-order chi connectivity index (χ0) is 15.5. The number of rotatable bonds is 3. The zero-order valence-electron chi connectivity index (χ0n) is 11.5. The highest BCUT2D eigenvalue weighted by Gasteiger charge is 2.10. The van der Waals surface area contributed by atoms with Gasteiger partial charge >= 0.3 is 0 Å². The number of imidazole rings is 1. The Bertz CT molecular complexity index is 863. The molecule has 0 saturated heterocycles. The van der Waals surface area contributed by atoms with Gasteiger partial charge in [-0.3, -0.25) is 14.2 Å². The predicted octanol–water partition coefficient (Wildman–Crippen LogP) is 0.306. The molecule has 0 aliphatic carbocycles. The molecule has 0 saturated carbocycles. The van der Waals surface area contributed by atoms with Crippen LogP contribution in [-0.4, -0.2) is 35.6 Å². The third kappa shape index (κ3) is 2.73. The lowest BCUT2D eigenvalue weighted by molar-refractivity contribution is 0.102. The second-order valence-electron chi connectivity index (χ2n) is 4.37. The lowest BCUT2D eigenvalue weighted by Crippen LogP contribution is -2.18. The highest BCUT2D eigenvalue weighted by atomic mass is 16.2. The molecule has 0 unspecified atom stereocenters. The van der Waals surface area contributed by atoms with Crippen molar-refractivity contribution in [1.29, 1.82) is 0 Å². The number of aryl methyl sites for hydroxylation is 1. The third-order valence-electron chi connectivity index (χ3n) is 2.88. The van der Waals surface area contributed by atoms with Crippen LogP contribution < -0.4 is 10.9 Å². The van der Waals surface area contributed by atoms with Crippen molar-refractivity contribution in [3.63, 3.8) is 0 Å². The zero-order valence-corrected chi connectivity index (χ0v) is 11.5. The smallest absolute Gasteiger partial charge is 0.277 e. The molecule has 0 aliphatic rings. The van der Waals surface area contributed by atoms with Gasteiger partial charge in [0.2, 0.25) is 0 Å². The number of H-pyrrole nitrogens is 1. The second kappa shape index (κ2) is 5.56. The van der Waals surface area contributed by atoms with Crippen molar-refractivity contribution in [3.05, 3.63) is 58.8 Å². The van der Waals surface area contributed by atoms with Gasteiger partial charge in [0, 0.05) is 24.5 Å². The van der Waals surface area contributed by atoms with Crippen LogP contribution in [0.15, 0.2) is 41.7 Å². The molecular formula is C13H11N7O2. The van der Waals surface area contributed by atoms with Crippen molar-refractivity contribution in [3.8, 4) is 5.82 Å². The number of hydrogen-bond acceptors (Lipinski definition) is 6. The summed E-state index contributed by atoms with van der Waals surface area (Å²) in [5, 5.41) is 8.44. The van der Waals surface area contributed by atoms with Crippen LogP contribution in [0.4, 0.5) is 5.82 Å². The molecule has 22 heavy (non-hydrogen) atoms. The Morgan fingerprint density at radius 2 is 2.14 bits per heavy atom. The molecule has 9 heteroatoms. The van der Waals surface area contributed by atoms with E-state index in [1.54, 1.807) is 23.0 Å². The largest absolute Gasteiger partial charge is 0.305 e. The van der Waals surface area contributed by atoms with Crippen molar-refractivity contribution >= 4 is 11.7 Å². The van der Waals surface area contributed by atoms with Crippen molar-refractivity contribution < 1.29 is 4.79 Å². The predicted molar refractivity (Wildman–Crippen MR) is 76.7 cm³/mol. The first-order chi connectivity index (χ1) is 10.6. The summed E-state index contributed by atoms with van der Waals surface area (Å²) in [6.45, 7) is 1.84. The maximum absolute atomic E-state index is 12.0. The van der Waals surface area contributed by atoms with Gasteiger partial charge in [0.25, 0.3) is 11.5 Å². The fourth-order valence-electron chi connectivity index (χ4n) is 1.82. The molecule has 3 heterocycles. The van der Waals surface area contributed by atoms with E-state index in [4.69, 9.17) is 0 Å². The molecule has 9 nitrogen and oxygen atoms in total. The Kier molecular flexibility index (Phi) is 3.44. The maximum atomic E-state index is 12.0. The summed E-state index contributed by atoms with van der Waals surface area (Å²) in [5.41, 5.74) is -0.296. The number of hydrogen-bond donors (Lipinski definition) is 2. The normalized spacial score (nSPS) is 10.4. The van der Waals surface area contributed by atoms with Gasteiger partial charge in [-0.25, -0.2) is 20.1 Å². The summed E-state index contributed by atoms with van der Waals surface area (Å²) in [6.07, 6.45) is 4.75. The molecule has 3 aromatic heterocycles. The molecule has 0 atom stereocenters. The molecule has 1 amide bonds. The Balaban J connectivity index is 1.84. The maximum Gasteiger partial charge on any atom is 0.277 e. The van der Waals surface area contributed by atoms with Crippen LogP contribution in [-0.2, 0) is 0 Å². The number of carbonyl (C=O) groups is 1. The van der Waals surface area contributed by atoms with Crippen LogP contribution in [0.5, 0.6) is 0 Å². The van der Waals surface area contributed by atoms with E-state index in [0.29, 0.717) is 11.6 Å². The van der Waals surface area contributed by atoms with Crippen LogP contribution in [0.2, 0.25) is 0 Å². The van der Waals surface area contributed by atoms with Crippen molar-refractivity contribution in [2.24, 2.45) is 0 Å². The second-order valence-corrected chi connectivity index (χ2v) is 4.37. The standard InChI is InChI=1S/C13H11N7O2/c1-8-14-4-5-20(8)11-6-10(15-7-16-11)17-13(22)9-2-3-12(21)19-18-9/h2-7H,1H3,(H,19,21)(H,15,16,17,22). The summed E-state index contributed by atoms with van der Waals surface area (Å²) in [5.74, 6) is 1.17. The molecule has 0 aromatic carbocycles. The number of nitrogens with zero attached hydrogens (tertiary/aromatic N) is 5. The van der Waals surface area contributed by atoms with Crippen molar-refractivity contribution in [2.45, 2.75) is 6.92 Å². The molecule has 2 N–H and O–H groups in total. The van der Waals surface area contributed by atoms with Crippen molar-refractivity contribution in [2.75, 3.05) is 5.32 Å². The molecule has 0 radical (unpaired) electrons. The summed E-state index contributed by atoms with van der Waals surface area (Å²) in [6, 6.07) is 4.16. The monoisotopic (exact) mass is 297 g/mol. The first-order valence-electron chi connectivity index (χ1n) is 6.33. The topological polar surface area (TPSA) is 118 Å². The first kappa shape index (κ1) is 13.6. The average Bonchev–Trinajstić information content (AvgIpc) is 2.94. The highest BCUT2D eigenvalue weighted by Crippen LogP contribution is 2.11. The van der Waals surface area contributed by atoms with Crippen LogP contribution >= 0.6 is 0 Å². The van der Waals surface area contributed by atoms with Crippen molar-refractivity contribution in [1.82, 2.24) is 29.7 Å². The van der Waals surface area contributed by atoms with Crippen LogP contribution in [0.1, 0.15) is 16.3 Å². The third-order valence-corrected chi connectivity index (χ3v) is 2.88. The number of amides is 1. The molecular weight excluding hydrogens is 286 g/mol. The molecule has 110 valence electrons. The minimum Gasteiger partial charge on any atom is -0.305 e. The van der Waals surface area contributed by atoms with E-state index >= 15 is 0 Å². The van der Waals surface area contributed by atoms with Gasteiger partial charge in [0.15, 0.2) is 0 Å². The van der Waals surface area contributed by atoms with Gasteiger partial charge in [0.1, 0.15) is 29.5 Å². The van der Waals surface area contributed by atoms with Gasteiger partial charge < -0.3 is 5.32 Å². The van der Waals surface area contributed by atoms with Gasteiger partial charge in [-0.15, -0.1) is 0 Å². The number of carbonyl (C=O) groups excluding carboxylic acids is 1. The van der Waals surface area contributed by atoms with Crippen LogP contribution in [0.3, 0.4) is 0 Å². The average molecular weight is 297 g/mol. The van der Waals surface area contributed by atoms with E-state index in [-0.39, 0.29) is 11.3 Å². The molecule has 0 fully saturated rings. The summed E-state index contributed by atoms with van der Waals surface area (Å²) in [7, 11) is 0. The first-order valence-corrected chi connectivity index (χ1v) is 6.33. The van der Waals surface area contributed by atoms with E-state index in [1.807, 2.05) is 6.92 Å². The van der Waals surface area contributed by atoms with Gasteiger partial charge in [-0.2, -0.15) is 5.10 Å². The minimum absolute atomic E-state index is 0.0820. The summed E-state index contributed by atoms with van der Waals surface area (Å²) < 4.78 is 1.76. The lowest BCUT2D eigenvalue weighted by atomic mass is 10.3. The Morgan fingerprint density at radius 1 is 1.27 bits per heavy atom. The molecule has 0 spiro atoms. The molecule has 0 aliphatic heterocycles. The molecule has 3 rings (SSSR count). The highest BCUT2D eigenvalue weighted by molar-refractivity contribution is 6.02. The van der Waals surface area contributed by atoms with Crippen LogP contribution in [0.25, 0.3) is 5.82 Å². The summed E-state index contributed by atoms with van der Waals surface area (Å²) >= 11 is 0. The lowest BCUT2D eigenvalue weighted by Gasteiger charge is -2.07. The van der Waals surface area contributed by atoms with E-state index in [2.05, 4.69) is 30.5 Å². The van der Waals surface area contributed by atoms with E-state index in [9.17, 15) is 9.59 Å². The quantitative estimate of drug-likeness (QED) is 0.718. The van der Waals surface area contributed by atoms with Gasteiger partial charge in [0.05, 0.1) is 0 Å². The number of nitrogens with one attached hydrogen (secondary N) is 2. The van der Waals surface area contributed by atoms with E-state index < -0.39 is 5.91 Å². The van der Waals surface area contributed by atoms with Gasteiger partial charge in [-0.1, -0.05) is 0 Å².